The third-order valence-corrected chi connectivity index (χ3v) is 6.41. The van der Waals surface area contributed by atoms with Crippen LogP contribution in [0.15, 0.2) is 76.4 Å². The molecule has 1 saturated heterocycles. The number of hydrogen-bond acceptors (Lipinski definition) is 5. The lowest BCUT2D eigenvalue weighted by molar-refractivity contribution is 0.179. The lowest BCUT2D eigenvalue weighted by Gasteiger charge is -2.31. The number of benzene rings is 2. The number of aromatic nitrogens is 4. The molecule has 36 heavy (non-hydrogen) atoms. The molecule has 2 aromatic heterocycles. The van der Waals surface area contributed by atoms with Crippen molar-refractivity contribution in [1.82, 2.24) is 24.2 Å². The van der Waals surface area contributed by atoms with Gasteiger partial charge in [-0.25, -0.2) is 14.3 Å². The number of nitrogens with one attached hydrogen (secondary N) is 2. The van der Waals surface area contributed by atoms with Crippen LogP contribution in [-0.4, -0.2) is 48.5 Å². The summed E-state index contributed by atoms with van der Waals surface area (Å²) >= 11 is 0. The maximum absolute atomic E-state index is 13.0. The van der Waals surface area contributed by atoms with Crippen molar-refractivity contribution >= 4 is 11.7 Å². The van der Waals surface area contributed by atoms with E-state index in [-0.39, 0.29) is 34.8 Å². The van der Waals surface area contributed by atoms with Gasteiger partial charge in [-0.1, -0.05) is 42.5 Å². The number of carbonyl (C=O) groups is 1. The first-order valence-electron chi connectivity index (χ1n) is 11.7. The van der Waals surface area contributed by atoms with Crippen LogP contribution in [0.3, 0.4) is 0 Å². The van der Waals surface area contributed by atoms with E-state index in [1.54, 1.807) is 48.5 Å². The van der Waals surface area contributed by atoms with Crippen LogP contribution in [0.1, 0.15) is 18.9 Å². The minimum atomic E-state index is -0.368. The number of phenolic OH excluding ortho intramolecular Hbond substituents is 1. The van der Waals surface area contributed by atoms with Crippen molar-refractivity contribution in [1.29, 1.82) is 0 Å². The van der Waals surface area contributed by atoms with Crippen LogP contribution in [0.25, 0.3) is 22.5 Å². The molecule has 10 nitrogen and oxygen atoms in total. The number of amides is 2. The maximum atomic E-state index is 13.0. The molecule has 5 rings (SSSR count). The van der Waals surface area contributed by atoms with E-state index >= 15 is 0 Å². The molecule has 2 aromatic carbocycles. The summed E-state index contributed by atoms with van der Waals surface area (Å²) in [5.74, 6) is 0.666. The van der Waals surface area contributed by atoms with Gasteiger partial charge in [0.15, 0.2) is 5.82 Å². The number of likely N-dealkylation sites (tertiary alicyclic amines) is 1. The number of aryl methyl sites for hydroxylation is 1. The Kier molecular flexibility index (Phi) is 6.16. The number of aromatic hydroxyl groups is 1. The summed E-state index contributed by atoms with van der Waals surface area (Å²) in [6.45, 7) is 0.850. The Morgan fingerprint density at radius 1 is 1.00 bits per heavy atom. The third kappa shape index (κ3) is 4.65. The summed E-state index contributed by atoms with van der Waals surface area (Å²) in [6, 6.07) is 17.2. The molecule has 1 aliphatic rings. The first-order chi connectivity index (χ1) is 17.4. The molecule has 3 heterocycles. The fourth-order valence-electron chi connectivity index (χ4n) is 4.43. The molecular formula is C26H26N6O4. The van der Waals surface area contributed by atoms with Gasteiger partial charge in [0.05, 0.1) is 6.04 Å². The van der Waals surface area contributed by atoms with Crippen LogP contribution in [0.5, 0.6) is 5.75 Å². The fourth-order valence-corrected chi connectivity index (χ4v) is 4.43. The first kappa shape index (κ1) is 23.2. The SMILES string of the molecule is Cn1cc(-c2ccc(O)cc2)cc(NC(=O)N2CCC(n3nc(-c4ccccc4)[nH]c3=O)CC2)c1=O. The quantitative estimate of drug-likeness (QED) is 0.409. The number of carbonyl (C=O) groups excluding carboxylic acids is 1. The fraction of sp³-hybridized carbons (Fsp3) is 0.231. The minimum absolute atomic E-state index is 0.124. The van der Waals surface area contributed by atoms with Crippen LogP contribution in [0.4, 0.5) is 10.5 Å². The Balaban J connectivity index is 1.27. The minimum Gasteiger partial charge on any atom is -0.508 e. The van der Waals surface area contributed by atoms with Crippen LogP contribution >= 0.6 is 0 Å². The number of aromatic amines is 1. The number of anilines is 1. The molecule has 0 spiro atoms. The molecule has 0 radical (unpaired) electrons. The second-order valence-electron chi connectivity index (χ2n) is 8.84. The molecule has 2 amide bonds. The first-order valence-corrected chi connectivity index (χ1v) is 11.7. The van der Waals surface area contributed by atoms with Gasteiger partial charge in [0.25, 0.3) is 5.56 Å². The number of piperidine rings is 1. The Morgan fingerprint density at radius 2 is 1.69 bits per heavy atom. The number of nitrogens with zero attached hydrogens (tertiary/aromatic N) is 4. The molecular weight excluding hydrogens is 460 g/mol. The summed E-state index contributed by atoms with van der Waals surface area (Å²) in [7, 11) is 1.62. The van der Waals surface area contributed by atoms with Gasteiger partial charge in [-0.05, 0) is 36.6 Å². The Labute approximate surface area is 206 Å². The standard InChI is InChI=1S/C26H26N6O4/c1-30-16-19(17-7-9-21(33)10-8-17)15-22(24(30)34)27-25(35)31-13-11-20(12-14-31)32-26(36)28-23(29-32)18-5-3-2-4-6-18/h2-10,15-16,20,33H,11-14H2,1H3,(H,27,35)(H,28,29,36). The lowest BCUT2D eigenvalue weighted by Crippen LogP contribution is -2.43. The van der Waals surface area contributed by atoms with Crippen molar-refractivity contribution in [3.8, 4) is 28.3 Å². The summed E-state index contributed by atoms with van der Waals surface area (Å²) in [5.41, 5.74) is 1.95. The van der Waals surface area contributed by atoms with E-state index in [0.29, 0.717) is 31.8 Å². The topological polar surface area (TPSA) is 125 Å². The average molecular weight is 487 g/mol. The van der Waals surface area contributed by atoms with Crippen molar-refractivity contribution < 1.29 is 9.90 Å². The number of hydrogen-bond donors (Lipinski definition) is 3. The Hall–Kier alpha value is -4.60. The van der Waals surface area contributed by atoms with Crippen LogP contribution in [-0.2, 0) is 7.05 Å². The highest BCUT2D eigenvalue weighted by molar-refractivity contribution is 5.90. The molecule has 0 saturated carbocycles. The van der Waals surface area contributed by atoms with E-state index in [1.165, 1.54) is 9.25 Å². The highest BCUT2D eigenvalue weighted by Crippen LogP contribution is 2.25. The Bertz CT molecular complexity index is 1500. The van der Waals surface area contributed by atoms with Crippen molar-refractivity contribution in [2.24, 2.45) is 7.05 Å². The summed E-state index contributed by atoms with van der Waals surface area (Å²) in [5, 5.41) is 16.8. The number of urea groups is 1. The van der Waals surface area contributed by atoms with Gasteiger partial charge < -0.3 is 19.9 Å². The van der Waals surface area contributed by atoms with Gasteiger partial charge in [-0.3, -0.25) is 9.78 Å². The average Bonchev–Trinajstić information content (AvgIpc) is 3.29. The molecule has 0 aliphatic carbocycles. The molecule has 184 valence electrons. The highest BCUT2D eigenvalue weighted by Gasteiger charge is 2.26. The zero-order valence-electron chi connectivity index (χ0n) is 19.7. The third-order valence-electron chi connectivity index (χ3n) is 6.41. The van der Waals surface area contributed by atoms with E-state index in [4.69, 9.17) is 0 Å². The second-order valence-corrected chi connectivity index (χ2v) is 8.84. The van der Waals surface area contributed by atoms with Gasteiger partial charge in [0.1, 0.15) is 11.4 Å². The van der Waals surface area contributed by atoms with E-state index in [9.17, 15) is 19.5 Å². The smallest absolute Gasteiger partial charge is 0.343 e. The van der Waals surface area contributed by atoms with Crippen molar-refractivity contribution in [3.05, 3.63) is 87.7 Å². The molecule has 1 fully saturated rings. The summed E-state index contributed by atoms with van der Waals surface area (Å²) < 4.78 is 2.88. The summed E-state index contributed by atoms with van der Waals surface area (Å²) in [6.07, 6.45) is 2.82. The monoisotopic (exact) mass is 486 g/mol. The molecule has 0 bridgehead atoms. The van der Waals surface area contributed by atoms with Gasteiger partial charge in [0, 0.05) is 37.5 Å². The van der Waals surface area contributed by atoms with Gasteiger partial charge in [-0.15, -0.1) is 5.10 Å². The maximum Gasteiger partial charge on any atom is 0.343 e. The lowest BCUT2D eigenvalue weighted by atomic mass is 10.1. The van der Waals surface area contributed by atoms with Gasteiger partial charge in [-0.2, -0.15) is 0 Å². The van der Waals surface area contributed by atoms with Gasteiger partial charge >= 0.3 is 11.7 Å². The molecule has 3 N–H and O–H groups in total. The van der Waals surface area contributed by atoms with Crippen molar-refractivity contribution in [2.75, 3.05) is 18.4 Å². The molecule has 10 heteroatoms. The van der Waals surface area contributed by atoms with Gasteiger partial charge in [0.2, 0.25) is 0 Å². The largest absolute Gasteiger partial charge is 0.508 e. The summed E-state index contributed by atoms with van der Waals surface area (Å²) in [4.78, 5) is 42.6. The predicted molar refractivity (Wildman–Crippen MR) is 136 cm³/mol. The number of H-pyrrole nitrogens is 1. The Morgan fingerprint density at radius 3 is 2.39 bits per heavy atom. The normalized spacial score (nSPS) is 14.1. The van der Waals surface area contributed by atoms with E-state index in [0.717, 1.165) is 16.7 Å². The number of phenols is 1. The molecule has 0 atom stereocenters. The van der Waals surface area contributed by atoms with Crippen LogP contribution in [0, 0.1) is 0 Å². The van der Waals surface area contributed by atoms with Crippen LogP contribution in [0.2, 0.25) is 0 Å². The van der Waals surface area contributed by atoms with E-state index in [2.05, 4.69) is 15.4 Å². The van der Waals surface area contributed by atoms with Crippen molar-refractivity contribution in [3.63, 3.8) is 0 Å². The van der Waals surface area contributed by atoms with Crippen LogP contribution < -0.4 is 16.6 Å². The van der Waals surface area contributed by atoms with E-state index < -0.39 is 0 Å². The second kappa shape index (κ2) is 9.57. The molecule has 1 aliphatic heterocycles. The van der Waals surface area contributed by atoms with Crippen molar-refractivity contribution in [2.45, 2.75) is 18.9 Å². The number of pyridine rings is 1. The molecule has 0 unspecified atom stereocenters. The van der Waals surface area contributed by atoms with E-state index in [1.807, 2.05) is 30.3 Å². The number of rotatable bonds is 4. The highest BCUT2D eigenvalue weighted by atomic mass is 16.3. The zero-order chi connectivity index (χ0) is 25.2. The predicted octanol–water partition coefficient (Wildman–Crippen LogP) is 3.18. The molecule has 4 aromatic rings. The zero-order valence-corrected chi connectivity index (χ0v) is 19.7.